The summed E-state index contributed by atoms with van der Waals surface area (Å²) in [4.78, 5) is 0. The van der Waals surface area contributed by atoms with Crippen molar-refractivity contribution in [1.29, 1.82) is 0 Å². The van der Waals surface area contributed by atoms with Crippen molar-refractivity contribution in [3.63, 3.8) is 0 Å². The summed E-state index contributed by atoms with van der Waals surface area (Å²) in [5.41, 5.74) is 15.4. The first-order valence-corrected chi connectivity index (χ1v) is 24.9. The highest BCUT2D eigenvalue weighted by atomic mass is 28.3. The molecule has 2 aromatic rings. The fraction of sp³-hybridized carbons (Fsp3) is 0.760. The highest BCUT2D eigenvalue weighted by Gasteiger charge is 2.62. The monoisotopic (exact) mass is 727 g/mol. The van der Waals surface area contributed by atoms with E-state index < -0.39 is 8.07 Å². The standard InChI is InChI=1S/C50H82OSi/c1-17-25-50(15)36(5)34(3)35(4)46(50)52(16,27-21-19-18-20-26-51-49(12,13)14)45-33(2)28-42-43(45)31-37-23-22-24-41(37)44(42)38-29-39(47(6,7)8)32-40(30-38)48(9,10)11/h29-36,45-46H,17-28H2,1-16H3. The van der Waals surface area contributed by atoms with E-state index >= 15 is 0 Å². The Balaban J connectivity index is 1.64. The van der Waals surface area contributed by atoms with Gasteiger partial charge in [0.25, 0.3) is 0 Å². The van der Waals surface area contributed by atoms with Crippen LogP contribution in [0.2, 0.25) is 18.1 Å². The third-order valence-corrected chi connectivity index (χ3v) is 21.5. The van der Waals surface area contributed by atoms with Crippen LogP contribution in [0.5, 0.6) is 0 Å². The third kappa shape index (κ3) is 8.11. The van der Waals surface area contributed by atoms with Crippen molar-refractivity contribution < 1.29 is 4.74 Å². The number of aryl methyl sites for hydroxylation is 1. The van der Waals surface area contributed by atoms with E-state index in [0.29, 0.717) is 11.3 Å². The van der Waals surface area contributed by atoms with Gasteiger partial charge in [-0.3, -0.25) is 0 Å². The van der Waals surface area contributed by atoms with Gasteiger partial charge in [0, 0.05) is 6.61 Å². The van der Waals surface area contributed by atoms with Crippen molar-refractivity contribution in [3.8, 4) is 11.1 Å². The molecule has 0 bridgehead atoms. The number of unbranched alkanes of at least 4 members (excludes halogenated alkanes) is 3. The molecule has 5 rings (SSSR count). The highest BCUT2D eigenvalue weighted by molar-refractivity contribution is 6.81. The Morgan fingerprint density at radius 3 is 1.96 bits per heavy atom. The van der Waals surface area contributed by atoms with Crippen LogP contribution in [0.1, 0.15) is 188 Å². The molecular formula is C50H82OSi. The topological polar surface area (TPSA) is 9.23 Å². The molecule has 0 N–H and O–H groups in total. The summed E-state index contributed by atoms with van der Waals surface area (Å²) in [6.45, 7) is 40.7. The van der Waals surface area contributed by atoms with Gasteiger partial charge < -0.3 is 4.74 Å². The number of rotatable bonds is 12. The van der Waals surface area contributed by atoms with Gasteiger partial charge in [-0.25, -0.2) is 0 Å². The molecule has 0 aromatic heterocycles. The molecule has 3 aliphatic rings. The molecule has 2 heteroatoms. The number of hydrogen-bond acceptors (Lipinski definition) is 1. The van der Waals surface area contributed by atoms with Crippen LogP contribution < -0.4 is 0 Å². The first kappa shape index (κ1) is 41.8. The van der Waals surface area contributed by atoms with Crippen molar-refractivity contribution in [3.05, 3.63) is 57.6 Å². The second-order valence-corrected chi connectivity index (χ2v) is 26.9. The molecule has 0 amide bonds. The van der Waals surface area contributed by atoms with Crippen LogP contribution in [0, 0.1) is 29.1 Å². The Morgan fingerprint density at radius 2 is 1.38 bits per heavy atom. The van der Waals surface area contributed by atoms with Gasteiger partial charge in [0.15, 0.2) is 0 Å². The molecule has 0 heterocycles. The van der Waals surface area contributed by atoms with Crippen molar-refractivity contribution in [2.45, 2.75) is 208 Å². The molecule has 292 valence electrons. The molecule has 0 spiro atoms. The minimum Gasteiger partial charge on any atom is -0.376 e. The quantitative estimate of drug-likeness (QED) is 0.156. The van der Waals surface area contributed by atoms with Gasteiger partial charge in [0.2, 0.25) is 0 Å². The Morgan fingerprint density at radius 1 is 0.769 bits per heavy atom. The van der Waals surface area contributed by atoms with E-state index in [9.17, 15) is 0 Å². The summed E-state index contributed by atoms with van der Waals surface area (Å²) in [5.74, 6) is 3.10. The predicted molar refractivity (Wildman–Crippen MR) is 232 cm³/mol. The number of benzene rings is 2. The van der Waals surface area contributed by atoms with E-state index in [-0.39, 0.29) is 16.4 Å². The first-order chi connectivity index (χ1) is 24.0. The molecule has 2 aromatic carbocycles. The lowest BCUT2D eigenvalue weighted by atomic mass is 9.75. The largest absolute Gasteiger partial charge is 0.376 e. The van der Waals surface area contributed by atoms with E-state index in [0.717, 1.165) is 35.4 Å². The Bertz CT molecular complexity index is 1510. The summed E-state index contributed by atoms with van der Waals surface area (Å²) in [6.07, 6.45) is 13.0. The second-order valence-electron chi connectivity index (χ2n) is 22.1. The van der Waals surface area contributed by atoms with Crippen molar-refractivity contribution in [2.24, 2.45) is 29.1 Å². The van der Waals surface area contributed by atoms with E-state index in [1.807, 2.05) is 5.56 Å². The Hall–Kier alpha value is -1.38. The van der Waals surface area contributed by atoms with Gasteiger partial charge in [-0.05, 0) is 155 Å². The van der Waals surface area contributed by atoms with Crippen molar-refractivity contribution >= 4 is 8.07 Å². The van der Waals surface area contributed by atoms with E-state index in [1.54, 1.807) is 22.3 Å². The maximum atomic E-state index is 6.13. The minimum absolute atomic E-state index is 0.0331. The van der Waals surface area contributed by atoms with Gasteiger partial charge in [-0.15, -0.1) is 0 Å². The number of ether oxygens (including phenoxy) is 1. The van der Waals surface area contributed by atoms with Crippen molar-refractivity contribution in [1.82, 2.24) is 0 Å². The lowest BCUT2D eigenvalue weighted by Gasteiger charge is -2.51. The molecule has 1 fully saturated rings. The van der Waals surface area contributed by atoms with Gasteiger partial charge in [-0.1, -0.05) is 146 Å². The van der Waals surface area contributed by atoms with E-state index in [4.69, 9.17) is 4.74 Å². The van der Waals surface area contributed by atoms with Gasteiger partial charge in [-0.2, -0.15) is 0 Å². The molecular weight excluding hydrogens is 645 g/mol. The first-order valence-electron chi connectivity index (χ1n) is 22.0. The fourth-order valence-electron chi connectivity index (χ4n) is 12.4. The molecule has 1 nitrogen and oxygen atoms in total. The molecule has 3 aliphatic carbocycles. The van der Waals surface area contributed by atoms with Gasteiger partial charge in [0.1, 0.15) is 0 Å². The zero-order chi connectivity index (χ0) is 38.6. The molecule has 0 aliphatic heterocycles. The fourth-order valence-corrected chi connectivity index (χ4v) is 20.2. The zero-order valence-electron chi connectivity index (χ0n) is 37.2. The lowest BCUT2D eigenvalue weighted by molar-refractivity contribution is -0.00471. The average Bonchev–Trinajstić information content (AvgIpc) is 3.68. The summed E-state index contributed by atoms with van der Waals surface area (Å²) >= 11 is 0. The summed E-state index contributed by atoms with van der Waals surface area (Å²) in [6, 6.07) is 12.1. The number of fused-ring (bicyclic) bond motifs is 2. The Labute approximate surface area is 324 Å². The van der Waals surface area contributed by atoms with E-state index in [2.05, 4.69) is 135 Å². The third-order valence-electron chi connectivity index (χ3n) is 15.2. The SMILES string of the molecule is CCCC1(C)C(C)C(C)C(C)C1[Si](C)(CCCCCCOC(C)(C)C)C1c2cc3c(c(-c4cc(C(C)(C)C)cc(C(C)(C)C)c4)c2CC1C)CCC3. The van der Waals surface area contributed by atoms with Gasteiger partial charge in [0.05, 0.1) is 13.7 Å². The smallest absolute Gasteiger partial charge is 0.0624 e. The van der Waals surface area contributed by atoms with Crippen molar-refractivity contribution in [2.75, 3.05) is 6.61 Å². The number of hydrogen-bond donors (Lipinski definition) is 0. The van der Waals surface area contributed by atoms with E-state index in [1.165, 1.54) is 86.9 Å². The maximum absolute atomic E-state index is 6.13. The normalized spacial score (nSPS) is 29.0. The van der Waals surface area contributed by atoms with Crippen LogP contribution in [0.15, 0.2) is 24.3 Å². The molecule has 52 heavy (non-hydrogen) atoms. The Kier molecular flexibility index (Phi) is 12.3. The molecule has 8 atom stereocenters. The van der Waals surface area contributed by atoms with Crippen LogP contribution in [0.25, 0.3) is 11.1 Å². The molecule has 8 unspecified atom stereocenters. The molecule has 1 saturated carbocycles. The summed E-state index contributed by atoms with van der Waals surface area (Å²) < 4.78 is 6.13. The maximum Gasteiger partial charge on any atom is 0.0624 e. The van der Waals surface area contributed by atoms with Crippen LogP contribution in [0.3, 0.4) is 0 Å². The average molecular weight is 727 g/mol. The lowest BCUT2D eigenvalue weighted by Crippen LogP contribution is -2.51. The highest BCUT2D eigenvalue weighted by Crippen LogP contribution is 2.67. The second kappa shape index (κ2) is 15.3. The van der Waals surface area contributed by atoms with Crippen LogP contribution in [-0.2, 0) is 34.8 Å². The van der Waals surface area contributed by atoms with Crippen LogP contribution >= 0.6 is 0 Å². The summed E-state index contributed by atoms with van der Waals surface area (Å²) in [7, 11) is -1.88. The van der Waals surface area contributed by atoms with Crippen LogP contribution in [0.4, 0.5) is 0 Å². The summed E-state index contributed by atoms with van der Waals surface area (Å²) in [5, 5.41) is 0. The molecule has 0 saturated heterocycles. The zero-order valence-corrected chi connectivity index (χ0v) is 38.2. The predicted octanol–water partition coefficient (Wildman–Crippen LogP) is 14.8. The van der Waals surface area contributed by atoms with Crippen LogP contribution in [-0.4, -0.2) is 20.3 Å². The molecule has 0 radical (unpaired) electrons. The van der Waals surface area contributed by atoms with Gasteiger partial charge >= 0.3 is 0 Å². The minimum atomic E-state index is -1.88.